The molecule has 3 atom stereocenters. The Bertz CT molecular complexity index is 620. The second kappa shape index (κ2) is 9.00. The van der Waals surface area contributed by atoms with E-state index in [0.29, 0.717) is 30.0 Å². The summed E-state index contributed by atoms with van der Waals surface area (Å²) in [5.74, 6) is 0.361. The summed E-state index contributed by atoms with van der Waals surface area (Å²) in [5, 5.41) is 12.9. The number of urea groups is 1. The van der Waals surface area contributed by atoms with Crippen molar-refractivity contribution in [1.82, 2.24) is 16.0 Å². The highest BCUT2D eigenvalue weighted by Crippen LogP contribution is 2.26. The fourth-order valence-corrected chi connectivity index (χ4v) is 3.78. The van der Waals surface area contributed by atoms with E-state index < -0.39 is 5.97 Å². The summed E-state index contributed by atoms with van der Waals surface area (Å²) in [5.41, 5.74) is 1.09. The van der Waals surface area contributed by atoms with Crippen molar-refractivity contribution in [2.75, 3.05) is 25.5 Å². The molecule has 0 aromatic heterocycles. The smallest absolute Gasteiger partial charge is 0.337 e. The third-order valence-electron chi connectivity index (χ3n) is 5.23. The summed E-state index contributed by atoms with van der Waals surface area (Å²) in [6, 6.07) is 6.83. The number of esters is 1. The van der Waals surface area contributed by atoms with Crippen molar-refractivity contribution in [3.8, 4) is 0 Å². The maximum atomic E-state index is 12.0. The maximum Gasteiger partial charge on any atom is 0.337 e. The van der Waals surface area contributed by atoms with E-state index in [9.17, 15) is 9.59 Å². The van der Waals surface area contributed by atoms with Crippen LogP contribution in [0.5, 0.6) is 0 Å². The number of carbonyl (C=O) groups is 2. The average molecular weight is 360 g/mol. The molecule has 2 saturated heterocycles. The van der Waals surface area contributed by atoms with Crippen LogP contribution in [0.4, 0.5) is 10.5 Å². The zero-order valence-electron chi connectivity index (χ0n) is 15.2. The van der Waals surface area contributed by atoms with E-state index in [1.165, 1.54) is 32.8 Å². The van der Waals surface area contributed by atoms with E-state index in [-0.39, 0.29) is 6.03 Å². The second-order valence-electron chi connectivity index (χ2n) is 7.01. The third-order valence-corrected chi connectivity index (χ3v) is 5.23. The van der Waals surface area contributed by atoms with Crippen molar-refractivity contribution < 1.29 is 14.3 Å². The van der Waals surface area contributed by atoms with E-state index in [0.717, 1.165) is 18.9 Å². The van der Waals surface area contributed by atoms with Crippen molar-refractivity contribution in [2.45, 2.75) is 44.3 Å². The van der Waals surface area contributed by atoms with Gasteiger partial charge in [0.1, 0.15) is 0 Å². The molecule has 2 fully saturated rings. The summed E-state index contributed by atoms with van der Waals surface area (Å²) >= 11 is 0. The highest BCUT2D eigenvalue weighted by molar-refractivity contribution is 5.92. The van der Waals surface area contributed by atoms with Gasteiger partial charge in [-0.3, -0.25) is 5.32 Å². The Labute approximate surface area is 154 Å². The first-order chi connectivity index (χ1) is 12.7. The number of rotatable bonds is 5. The van der Waals surface area contributed by atoms with E-state index in [4.69, 9.17) is 0 Å². The molecule has 142 valence electrons. The molecule has 7 heteroatoms. The third kappa shape index (κ3) is 4.95. The van der Waals surface area contributed by atoms with Crippen molar-refractivity contribution >= 4 is 17.7 Å². The number of anilines is 1. The Kier molecular flexibility index (Phi) is 6.46. The standard InChI is InChI=1S/C19H28N4O3/c1-26-18(24)14-5-8-15(9-6-14)23-19(25)21-12-10-16-7-4-13-3-2-11-20-17(13)22-16/h5-6,8-9,13,16-17,20,22H,2-4,7,10-12H2,1H3,(H2,21,23,25). The van der Waals surface area contributed by atoms with Gasteiger partial charge in [-0.1, -0.05) is 0 Å². The van der Waals surface area contributed by atoms with Gasteiger partial charge in [0.2, 0.25) is 0 Å². The molecule has 0 bridgehead atoms. The number of fused-ring (bicyclic) bond motifs is 1. The van der Waals surface area contributed by atoms with Crippen molar-refractivity contribution in [1.29, 1.82) is 0 Å². The quantitative estimate of drug-likeness (QED) is 0.604. The molecule has 0 radical (unpaired) electrons. The second-order valence-corrected chi connectivity index (χ2v) is 7.01. The molecular formula is C19H28N4O3. The van der Waals surface area contributed by atoms with Gasteiger partial charge in [0.25, 0.3) is 0 Å². The van der Waals surface area contributed by atoms with Crippen LogP contribution in [0, 0.1) is 5.92 Å². The van der Waals surface area contributed by atoms with Gasteiger partial charge in [0.05, 0.1) is 18.8 Å². The summed E-state index contributed by atoms with van der Waals surface area (Å²) in [6.07, 6.45) is 6.36. The summed E-state index contributed by atoms with van der Waals surface area (Å²) in [7, 11) is 1.34. The SMILES string of the molecule is COC(=O)c1ccc(NC(=O)NCCC2CCC3CCCNC3N2)cc1. The van der Waals surface area contributed by atoms with Gasteiger partial charge in [-0.15, -0.1) is 0 Å². The molecule has 2 aliphatic rings. The molecule has 26 heavy (non-hydrogen) atoms. The minimum absolute atomic E-state index is 0.236. The largest absolute Gasteiger partial charge is 0.465 e. The van der Waals surface area contributed by atoms with Gasteiger partial charge < -0.3 is 20.7 Å². The lowest BCUT2D eigenvalue weighted by Crippen LogP contribution is -2.57. The topological polar surface area (TPSA) is 91.5 Å². The molecule has 2 heterocycles. The van der Waals surface area contributed by atoms with Crippen LogP contribution < -0.4 is 21.3 Å². The Balaban J connectivity index is 1.37. The number of carbonyl (C=O) groups excluding carboxylic acids is 2. The van der Waals surface area contributed by atoms with E-state index in [2.05, 4.69) is 26.0 Å². The van der Waals surface area contributed by atoms with Gasteiger partial charge in [-0.05, 0) is 68.8 Å². The zero-order chi connectivity index (χ0) is 18.4. The van der Waals surface area contributed by atoms with Crippen LogP contribution in [-0.4, -0.2) is 44.4 Å². The molecule has 7 nitrogen and oxygen atoms in total. The van der Waals surface area contributed by atoms with Crippen LogP contribution in [0.3, 0.4) is 0 Å². The van der Waals surface area contributed by atoms with Gasteiger partial charge in [0, 0.05) is 18.3 Å². The number of amides is 2. The van der Waals surface area contributed by atoms with Crippen LogP contribution in [0.2, 0.25) is 0 Å². The minimum Gasteiger partial charge on any atom is -0.465 e. The lowest BCUT2D eigenvalue weighted by molar-refractivity contribution is 0.0600. The van der Waals surface area contributed by atoms with Gasteiger partial charge in [-0.25, -0.2) is 9.59 Å². The molecule has 0 saturated carbocycles. The number of hydrogen-bond acceptors (Lipinski definition) is 5. The van der Waals surface area contributed by atoms with Gasteiger partial charge >= 0.3 is 12.0 Å². The van der Waals surface area contributed by atoms with Crippen molar-refractivity contribution in [2.24, 2.45) is 5.92 Å². The molecule has 3 unspecified atom stereocenters. The normalized spacial score (nSPS) is 25.0. The first-order valence-electron chi connectivity index (χ1n) is 9.38. The Hall–Kier alpha value is -2.12. The first kappa shape index (κ1) is 18.7. The monoisotopic (exact) mass is 360 g/mol. The number of ether oxygens (including phenoxy) is 1. The predicted molar refractivity (Wildman–Crippen MR) is 100 cm³/mol. The molecule has 1 aromatic rings. The molecule has 1 aromatic carbocycles. The van der Waals surface area contributed by atoms with E-state index in [1.54, 1.807) is 24.3 Å². The highest BCUT2D eigenvalue weighted by Gasteiger charge is 2.31. The summed E-state index contributed by atoms with van der Waals surface area (Å²) in [6.45, 7) is 1.72. The predicted octanol–water partition coefficient (Wildman–Crippen LogP) is 2.06. The number of methoxy groups -OCH3 is 1. The van der Waals surface area contributed by atoms with Crippen LogP contribution in [0.15, 0.2) is 24.3 Å². The van der Waals surface area contributed by atoms with Crippen LogP contribution in [0.1, 0.15) is 42.5 Å². The number of nitrogens with one attached hydrogen (secondary N) is 4. The molecule has 2 aliphatic heterocycles. The van der Waals surface area contributed by atoms with Gasteiger partial charge in [-0.2, -0.15) is 0 Å². The lowest BCUT2D eigenvalue weighted by atomic mass is 9.85. The highest BCUT2D eigenvalue weighted by atomic mass is 16.5. The van der Waals surface area contributed by atoms with E-state index >= 15 is 0 Å². The summed E-state index contributed by atoms with van der Waals surface area (Å²) in [4.78, 5) is 23.4. The number of benzene rings is 1. The zero-order valence-corrected chi connectivity index (χ0v) is 15.2. The fraction of sp³-hybridized carbons (Fsp3) is 0.579. The number of hydrogen-bond donors (Lipinski definition) is 4. The Morgan fingerprint density at radius 2 is 2.00 bits per heavy atom. The van der Waals surface area contributed by atoms with Crippen LogP contribution in [0.25, 0.3) is 0 Å². The fourth-order valence-electron chi connectivity index (χ4n) is 3.78. The lowest BCUT2D eigenvalue weighted by Gasteiger charge is -2.41. The molecule has 3 rings (SSSR count). The molecular weight excluding hydrogens is 332 g/mol. The first-order valence-corrected chi connectivity index (χ1v) is 9.38. The Morgan fingerprint density at radius 3 is 2.77 bits per heavy atom. The number of piperidine rings is 2. The van der Waals surface area contributed by atoms with E-state index in [1.807, 2.05) is 0 Å². The minimum atomic E-state index is -0.393. The molecule has 0 aliphatic carbocycles. The Morgan fingerprint density at radius 1 is 1.19 bits per heavy atom. The van der Waals surface area contributed by atoms with Crippen molar-refractivity contribution in [3.63, 3.8) is 0 Å². The van der Waals surface area contributed by atoms with Crippen LogP contribution in [-0.2, 0) is 4.74 Å². The average Bonchev–Trinajstić information content (AvgIpc) is 2.68. The molecule has 2 amide bonds. The maximum absolute atomic E-state index is 12.0. The van der Waals surface area contributed by atoms with Gasteiger partial charge in [0.15, 0.2) is 0 Å². The molecule has 0 spiro atoms. The van der Waals surface area contributed by atoms with Crippen molar-refractivity contribution in [3.05, 3.63) is 29.8 Å². The van der Waals surface area contributed by atoms with Crippen LogP contribution >= 0.6 is 0 Å². The molecule has 4 N–H and O–H groups in total. The summed E-state index contributed by atoms with van der Waals surface area (Å²) < 4.78 is 4.65.